The highest BCUT2D eigenvalue weighted by Crippen LogP contribution is 2.32. The molecule has 0 saturated carbocycles. The topological polar surface area (TPSA) is 45.5 Å². The summed E-state index contributed by atoms with van der Waals surface area (Å²) in [5.74, 6) is 0. The molecule has 1 aromatic carbocycles. The molecule has 22 heavy (non-hydrogen) atoms. The Balaban J connectivity index is 1.58. The third kappa shape index (κ3) is 3.49. The molecule has 0 aromatic heterocycles. The summed E-state index contributed by atoms with van der Waals surface area (Å²) >= 11 is 0. The molecule has 0 bridgehead atoms. The highest BCUT2D eigenvalue weighted by Gasteiger charge is 2.39. The van der Waals surface area contributed by atoms with Crippen molar-refractivity contribution in [2.45, 2.75) is 51.0 Å². The first-order chi connectivity index (χ1) is 10.8. The van der Waals surface area contributed by atoms with Crippen molar-refractivity contribution in [2.75, 3.05) is 19.8 Å². The molecule has 2 heterocycles. The quantitative estimate of drug-likeness (QED) is 0.839. The summed E-state index contributed by atoms with van der Waals surface area (Å²) in [7, 11) is 0. The van der Waals surface area contributed by atoms with E-state index in [4.69, 9.17) is 14.7 Å². The number of rotatable bonds is 5. The summed E-state index contributed by atoms with van der Waals surface area (Å²) in [5.41, 5.74) is 1.96. The first kappa shape index (κ1) is 15.5. The molecule has 1 aromatic rings. The Morgan fingerprint density at radius 2 is 2.27 bits per heavy atom. The Kier molecular flexibility index (Phi) is 5.09. The van der Waals surface area contributed by atoms with Gasteiger partial charge in [0.1, 0.15) is 0 Å². The van der Waals surface area contributed by atoms with Gasteiger partial charge < -0.3 is 9.47 Å². The van der Waals surface area contributed by atoms with Gasteiger partial charge in [0.2, 0.25) is 0 Å². The van der Waals surface area contributed by atoms with E-state index in [1.165, 1.54) is 12.0 Å². The van der Waals surface area contributed by atoms with Crippen LogP contribution in [-0.2, 0) is 16.0 Å². The van der Waals surface area contributed by atoms with E-state index in [-0.39, 0.29) is 6.10 Å². The predicted molar refractivity (Wildman–Crippen MR) is 84.4 cm³/mol. The molecular weight excluding hydrogens is 276 g/mol. The van der Waals surface area contributed by atoms with Gasteiger partial charge >= 0.3 is 0 Å². The molecule has 2 aliphatic rings. The number of nitrogens with zero attached hydrogens (tertiary/aromatic N) is 2. The average Bonchev–Trinajstić information content (AvgIpc) is 2.95. The summed E-state index contributed by atoms with van der Waals surface area (Å²) in [6.45, 7) is 5.50. The van der Waals surface area contributed by atoms with E-state index in [0.717, 1.165) is 44.7 Å². The van der Waals surface area contributed by atoms with Gasteiger partial charge in [-0.3, -0.25) is 4.90 Å². The second-order valence-electron chi connectivity index (χ2n) is 6.17. The highest BCUT2D eigenvalue weighted by atomic mass is 16.5. The normalized spacial score (nSPS) is 28.3. The van der Waals surface area contributed by atoms with E-state index in [1.54, 1.807) is 0 Å². The average molecular weight is 300 g/mol. The molecule has 118 valence electrons. The number of hydrogen-bond donors (Lipinski definition) is 0. The minimum atomic E-state index is 0.267. The van der Waals surface area contributed by atoms with Gasteiger partial charge in [0, 0.05) is 25.7 Å². The molecule has 0 aliphatic carbocycles. The first-order valence-electron chi connectivity index (χ1n) is 8.26. The van der Waals surface area contributed by atoms with Crippen LogP contribution in [0.3, 0.4) is 0 Å². The van der Waals surface area contributed by atoms with Crippen LogP contribution in [0.1, 0.15) is 37.3 Å². The minimum Gasteiger partial charge on any atom is -0.379 e. The summed E-state index contributed by atoms with van der Waals surface area (Å²) < 4.78 is 11.7. The Morgan fingerprint density at radius 1 is 1.36 bits per heavy atom. The van der Waals surface area contributed by atoms with Crippen LogP contribution in [0.2, 0.25) is 0 Å². The SMILES string of the molecule is CCOC[C@@H]1CC[C@H]2[C@H](CCN2Cc2cccc(C#N)c2)O1. The van der Waals surface area contributed by atoms with Crippen molar-refractivity contribution in [1.29, 1.82) is 5.26 Å². The second kappa shape index (κ2) is 7.23. The van der Waals surface area contributed by atoms with Gasteiger partial charge in [-0.25, -0.2) is 0 Å². The van der Waals surface area contributed by atoms with Crippen LogP contribution in [-0.4, -0.2) is 42.9 Å². The lowest BCUT2D eigenvalue weighted by Gasteiger charge is -2.36. The van der Waals surface area contributed by atoms with Gasteiger partial charge in [-0.15, -0.1) is 0 Å². The second-order valence-corrected chi connectivity index (χ2v) is 6.17. The van der Waals surface area contributed by atoms with E-state index >= 15 is 0 Å². The van der Waals surface area contributed by atoms with Gasteiger partial charge in [0.15, 0.2) is 0 Å². The largest absolute Gasteiger partial charge is 0.379 e. The van der Waals surface area contributed by atoms with Crippen molar-refractivity contribution in [3.05, 3.63) is 35.4 Å². The maximum atomic E-state index is 9.01. The minimum absolute atomic E-state index is 0.267. The molecule has 4 nitrogen and oxygen atoms in total. The fraction of sp³-hybridized carbons (Fsp3) is 0.611. The summed E-state index contributed by atoms with van der Waals surface area (Å²) in [6.07, 6.45) is 3.98. The number of hydrogen-bond acceptors (Lipinski definition) is 4. The third-order valence-electron chi connectivity index (χ3n) is 4.70. The van der Waals surface area contributed by atoms with Crippen molar-refractivity contribution in [2.24, 2.45) is 0 Å². The predicted octanol–water partition coefficient (Wildman–Crippen LogP) is 2.72. The van der Waals surface area contributed by atoms with Crippen LogP contribution >= 0.6 is 0 Å². The standard InChI is InChI=1S/C18H24N2O2/c1-2-21-13-16-6-7-17-18(22-16)8-9-20(17)12-15-5-3-4-14(10-15)11-19/h3-5,10,16-18H,2,6-9,12-13H2,1H3/t16-,17-,18-/m0/s1. The molecular formula is C18H24N2O2. The van der Waals surface area contributed by atoms with Crippen LogP contribution in [0.25, 0.3) is 0 Å². The van der Waals surface area contributed by atoms with Crippen LogP contribution < -0.4 is 0 Å². The Labute approximate surface area is 132 Å². The van der Waals surface area contributed by atoms with Gasteiger partial charge in [-0.05, 0) is 43.9 Å². The van der Waals surface area contributed by atoms with Crippen molar-refractivity contribution < 1.29 is 9.47 Å². The molecule has 0 radical (unpaired) electrons. The molecule has 0 unspecified atom stereocenters. The van der Waals surface area contributed by atoms with Crippen molar-refractivity contribution in [1.82, 2.24) is 4.90 Å². The number of nitriles is 1. The number of ether oxygens (including phenoxy) is 2. The Hall–Kier alpha value is -1.41. The van der Waals surface area contributed by atoms with Crippen molar-refractivity contribution >= 4 is 0 Å². The van der Waals surface area contributed by atoms with Gasteiger partial charge in [-0.2, -0.15) is 5.26 Å². The fourth-order valence-corrected chi connectivity index (χ4v) is 3.63. The van der Waals surface area contributed by atoms with E-state index < -0.39 is 0 Å². The van der Waals surface area contributed by atoms with Crippen molar-refractivity contribution in [3.63, 3.8) is 0 Å². The molecule has 4 heteroatoms. The van der Waals surface area contributed by atoms with Crippen LogP contribution in [0.4, 0.5) is 0 Å². The maximum absolute atomic E-state index is 9.01. The summed E-state index contributed by atoms with van der Waals surface area (Å²) in [6, 6.07) is 10.7. The molecule has 0 spiro atoms. The lowest BCUT2D eigenvalue weighted by atomic mass is 9.99. The van der Waals surface area contributed by atoms with E-state index in [2.05, 4.69) is 17.0 Å². The molecule has 2 saturated heterocycles. The van der Waals surface area contributed by atoms with Gasteiger partial charge in [0.05, 0.1) is 30.4 Å². The Bertz CT molecular complexity index is 540. The van der Waals surface area contributed by atoms with Crippen LogP contribution in [0, 0.1) is 11.3 Å². The zero-order valence-corrected chi connectivity index (χ0v) is 13.2. The third-order valence-corrected chi connectivity index (χ3v) is 4.70. The van der Waals surface area contributed by atoms with Crippen LogP contribution in [0.5, 0.6) is 0 Å². The monoisotopic (exact) mass is 300 g/mol. The highest BCUT2D eigenvalue weighted by molar-refractivity contribution is 5.32. The smallest absolute Gasteiger partial charge is 0.0991 e. The van der Waals surface area contributed by atoms with Crippen molar-refractivity contribution in [3.8, 4) is 6.07 Å². The first-order valence-corrected chi connectivity index (χ1v) is 8.26. The lowest BCUT2D eigenvalue weighted by molar-refractivity contribution is -0.0985. The number of benzene rings is 1. The lowest BCUT2D eigenvalue weighted by Crippen LogP contribution is -2.43. The van der Waals surface area contributed by atoms with Gasteiger partial charge in [-0.1, -0.05) is 12.1 Å². The number of fused-ring (bicyclic) bond motifs is 1. The zero-order chi connectivity index (χ0) is 15.4. The Morgan fingerprint density at radius 3 is 3.09 bits per heavy atom. The van der Waals surface area contributed by atoms with E-state index in [9.17, 15) is 0 Å². The van der Waals surface area contributed by atoms with Gasteiger partial charge in [0.25, 0.3) is 0 Å². The zero-order valence-electron chi connectivity index (χ0n) is 13.2. The van der Waals surface area contributed by atoms with E-state index in [1.807, 2.05) is 25.1 Å². The molecule has 0 N–H and O–H groups in total. The molecule has 2 aliphatic heterocycles. The molecule has 2 fully saturated rings. The summed E-state index contributed by atoms with van der Waals surface area (Å²) in [5, 5.41) is 9.01. The fourth-order valence-electron chi connectivity index (χ4n) is 3.63. The number of likely N-dealkylation sites (tertiary alicyclic amines) is 1. The maximum Gasteiger partial charge on any atom is 0.0991 e. The molecule has 0 amide bonds. The molecule has 3 rings (SSSR count). The van der Waals surface area contributed by atoms with E-state index in [0.29, 0.717) is 12.1 Å². The molecule has 3 atom stereocenters. The van der Waals surface area contributed by atoms with Crippen LogP contribution in [0.15, 0.2) is 24.3 Å². The summed E-state index contributed by atoms with van der Waals surface area (Å²) in [4.78, 5) is 2.51.